The molecule has 0 amide bonds. The Labute approximate surface area is 89.1 Å². The summed E-state index contributed by atoms with van der Waals surface area (Å²) < 4.78 is 0. The smallest absolute Gasteiger partial charge is 0.0584 e. The highest BCUT2D eigenvalue weighted by Gasteiger charge is 2.13. The van der Waals surface area contributed by atoms with Crippen LogP contribution in [0.1, 0.15) is 47.5 Å². The summed E-state index contributed by atoms with van der Waals surface area (Å²) in [5.41, 5.74) is 0. The molecule has 2 N–H and O–H groups in total. The monoisotopic (exact) mass is 201 g/mol. The maximum absolute atomic E-state index is 9.20. The maximum Gasteiger partial charge on any atom is 0.0584 e. The molecule has 2 nitrogen and oxygen atoms in total. The van der Waals surface area contributed by atoms with E-state index in [0.29, 0.717) is 12.0 Å². The molecule has 0 aromatic carbocycles. The number of hydrogen-bond acceptors (Lipinski definition) is 2. The molecule has 0 aromatic rings. The summed E-state index contributed by atoms with van der Waals surface area (Å²) in [4.78, 5) is 0. The van der Waals surface area contributed by atoms with E-state index in [-0.39, 0.29) is 12.6 Å². The molecule has 0 spiro atoms. The van der Waals surface area contributed by atoms with Crippen LogP contribution < -0.4 is 5.32 Å². The summed E-state index contributed by atoms with van der Waals surface area (Å²) in [6, 6.07) is 0.773. The van der Waals surface area contributed by atoms with Crippen molar-refractivity contribution in [2.75, 3.05) is 6.61 Å². The predicted octanol–water partition coefficient (Wildman–Crippen LogP) is 2.42. The van der Waals surface area contributed by atoms with E-state index >= 15 is 0 Å². The van der Waals surface area contributed by atoms with Crippen molar-refractivity contribution in [3.8, 4) is 0 Å². The van der Waals surface area contributed by atoms with E-state index in [1.165, 1.54) is 6.42 Å². The molecule has 0 saturated heterocycles. The minimum Gasteiger partial charge on any atom is -0.395 e. The van der Waals surface area contributed by atoms with Crippen molar-refractivity contribution in [3.05, 3.63) is 0 Å². The van der Waals surface area contributed by atoms with Gasteiger partial charge in [0.15, 0.2) is 0 Å². The largest absolute Gasteiger partial charge is 0.395 e. The van der Waals surface area contributed by atoms with Crippen molar-refractivity contribution in [1.29, 1.82) is 0 Å². The van der Waals surface area contributed by atoms with Crippen LogP contribution in [0.15, 0.2) is 0 Å². The second-order valence-corrected chi connectivity index (χ2v) is 5.21. The van der Waals surface area contributed by atoms with Gasteiger partial charge in [-0.3, -0.25) is 0 Å². The SMILES string of the molecule is CC(C)C[C@@H](CO)N[C@@H](C)CC(C)C. The summed E-state index contributed by atoms with van der Waals surface area (Å²) in [6.07, 6.45) is 2.23. The molecule has 0 radical (unpaired) electrons. The van der Waals surface area contributed by atoms with Gasteiger partial charge >= 0.3 is 0 Å². The third kappa shape index (κ3) is 7.34. The van der Waals surface area contributed by atoms with Gasteiger partial charge in [0.05, 0.1) is 6.61 Å². The molecule has 0 aliphatic carbocycles. The summed E-state index contributed by atoms with van der Waals surface area (Å²) in [5.74, 6) is 1.36. The molecule has 0 unspecified atom stereocenters. The molecular weight excluding hydrogens is 174 g/mol. The van der Waals surface area contributed by atoms with Crippen molar-refractivity contribution in [3.63, 3.8) is 0 Å². The van der Waals surface area contributed by atoms with E-state index in [9.17, 15) is 5.11 Å². The van der Waals surface area contributed by atoms with E-state index in [2.05, 4.69) is 39.9 Å². The molecule has 2 heteroatoms. The lowest BCUT2D eigenvalue weighted by Gasteiger charge is -2.24. The first-order valence-corrected chi connectivity index (χ1v) is 5.82. The van der Waals surface area contributed by atoms with Crippen LogP contribution in [0.5, 0.6) is 0 Å². The van der Waals surface area contributed by atoms with Crippen LogP contribution in [0.4, 0.5) is 0 Å². The van der Waals surface area contributed by atoms with Crippen molar-refractivity contribution < 1.29 is 5.11 Å². The van der Waals surface area contributed by atoms with Crippen LogP contribution >= 0.6 is 0 Å². The first-order chi connectivity index (χ1) is 6.45. The Morgan fingerprint density at radius 2 is 1.43 bits per heavy atom. The molecule has 0 fully saturated rings. The minimum atomic E-state index is 0.251. The number of rotatable bonds is 7. The van der Waals surface area contributed by atoms with Gasteiger partial charge in [-0.15, -0.1) is 0 Å². The topological polar surface area (TPSA) is 32.3 Å². The van der Waals surface area contributed by atoms with E-state index < -0.39 is 0 Å². The third-order valence-electron chi connectivity index (χ3n) is 2.32. The van der Waals surface area contributed by atoms with E-state index in [1.54, 1.807) is 0 Å². The Kier molecular flexibility index (Phi) is 7.20. The lowest BCUT2D eigenvalue weighted by atomic mass is 10.0. The van der Waals surface area contributed by atoms with Crippen LogP contribution in [0.2, 0.25) is 0 Å². The Hall–Kier alpha value is -0.0800. The molecule has 0 saturated carbocycles. The van der Waals surface area contributed by atoms with Gasteiger partial charge in [-0.05, 0) is 31.6 Å². The summed E-state index contributed by atoms with van der Waals surface area (Å²) >= 11 is 0. The Bertz CT molecular complexity index is 134. The van der Waals surface area contributed by atoms with Gasteiger partial charge in [0.1, 0.15) is 0 Å². The summed E-state index contributed by atoms with van der Waals surface area (Å²) in [6.45, 7) is 11.3. The van der Waals surface area contributed by atoms with Gasteiger partial charge in [-0.1, -0.05) is 27.7 Å². The fourth-order valence-electron chi connectivity index (χ4n) is 1.94. The zero-order valence-corrected chi connectivity index (χ0v) is 10.4. The highest BCUT2D eigenvalue weighted by atomic mass is 16.3. The third-order valence-corrected chi connectivity index (χ3v) is 2.32. The van der Waals surface area contributed by atoms with E-state index in [0.717, 1.165) is 12.3 Å². The van der Waals surface area contributed by atoms with Crippen LogP contribution in [-0.2, 0) is 0 Å². The quantitative estimate of drug-likeness (QED) is 0.663. The molecule has 86 valence electrons. The predicted molar refractivity (Wildman–Crippen MR) is 62.4 cm³/mol. The van der Waals surface area contributed by atoms with Crippen LogP contribution in [-0.4, -0.2) is 23.8 Å². The molecule has 2 atom stereocenters. The van der Waals surface area contributed by atoms with Crippen LogP contribution in [0.3, 0.4) is 0 Å². The summed E-state index contributed by atoms with van der Waals surface area (Å²) in [7, 11) is 0. The van der Waals surface area contributed by atoms with Gasteiger partial charge in [0.2, 0.25) is 0 Å². The molecular formula is C12H27NO. The number of nitrogens with one attached hydrogen (secondary N) is 1. The molecule has 14 heavy (non-hydrogen) atoms. The zero-order chi connectivity index (χ0) is 11.1. The van der Waals surface area contributed by atoms with Crippen molar-refractivity contribution in [2.24, 2.45) is 11.8 Å². The average Bonchev–Trinajstić information content (AvgIpc) is 2.00. The zero-order valence-electron chi connectivity index (χ0n) is 10.4. The van der Waals surface area contributed by atoms with E-state index in [4.69, 9.17) is 0 Å². The maximum atomic E-state index is 9.20. The lowest BCUT2D eigenvalue weighted by molar-refractivity contribution is 0.210. The molecule has 0 aromatic heterocycles. The molecule has 0 aliphatic heterocycles. The lowest BCUT2D eigenvalue weighted by Crippen LogP contribution is -2.40. The minimum absolute atomic E-state index is 0.251. The van der Waals surface area contributed by atoms with Gasteiger partial charge in [0.25, 0.3) is 0 Å². The van der Waals surface area contributed by atoms with Crippen LogP contribution in [0, 0.1) is 11.8 Å². The number of hydrogen-bond donors (Lipinski definition) is 2. The molecule has 0 rings (SSSR count). The highest BCUT2D eigenvalue weighted by Crippen LogP contribution is 2.08. The Morgan fingerprint density at radius 1 is 0.929 bits per heavy atom. The second kappa shape index (κ2) is 7.24. The van der Waals surface area contributed by atoms with Gasteiger partial charge < -0.3 is 10.4 Å². The average molecular weight is 201 g/mol. The fraction of sp³-hybridized carbons (Fsp3) is 1.00. The number of aliphatic hydroxyl groups excluding tert-OH is 1. The van der Waals surface area contributed by atoms with Crippen molar-refractivity contribution >= 4 is 0 Å². The first kappa shape index (κ1) is 13.9. The normalized spacial score (nSPS) is 16.3. The number of aliphatic hydroxyl groups is 1. The van der Waals surface area contributed by atoms with Gasteiger partial charge in [-0.2, -0.15) is 0 Å². The van der Waals surface area contributed by atoms with Gasteiger partial charge in [-0.25, -0.2) is 0 Å². The van der Waals surface area contributed by atoms with Gasteiger partial charge in [0, 0.05) is 12.1 Å². The molecule has 0 bridgehead atoms. The highest BCUT2D eigenvalue weighted by molar-refractivity contribution is 4.72. The summed E-state index contributed by atoms with van der Waals surface area (Å²) in [5, 5.41) is 12.7. The standard InChI is InChI=1S/C12H27NO/c1-9(2)6-11(5)13-12(8-14)7-10(3)4/h9-14H,6-8H2,1-5H3/t11-,12-/m0/s1. The van der Waals surface area contributed by atoms with Crippen molar-refractivity contribution in [2.45, 2.75) is 59.5 Å². The first-order valence-electron chi connectivity index (χ1n) is 5.82. The van der Waals surface area contributed by atoms with Crippen molar-refractivity contribution in [1.82, 2.24) is 5.32 Å². The molecule has 0 heterocycles. The molecule has 0 aliphatic rings. The Morgan fingerprint density at radius 3 is 1.79 bits per heavy atom. The van der Waals surface area contributed by atoms with E-state index in [1.807, 2.05) is 0 Å². The van der Waals surface area contributed by atoms with Crippen LogP contribution in [0.25, 0.3) is 0 Å². The fourth-order valence-corrected chi connectivity index (χ4v) is 1.94. The Balaban J connectivity index is 3.79. The second-order valence-electron chi connectivity index (χ2n) is 5.21.